The van der Waals surface area contributed by atoms with Crippen molar-refractivity contribution < 1.29 is 4.79 Å². The molecule has 0 saturated carbocycles. The fourth-order valence-electron chi connectivity index (χ4n) is 3.08. The Morgan fingerprint density at radius 3 is 2.74 bits per heavy atom. The fourth-order valence-corrected chi connectivity index (χ4v) is 3.08. The average molecular weight is 312 g/mol. The SMILES string of the molecule is CCCn1ccc(C(=O)N2CCN(C)[C@H](c3ccccc3)C2)n1. The minimum Gasteiger partial charge on any atom is -0.334 e. The minimum absolute atomic E-state index is 0.0360. The Labute approximate surface area is 137 Å². The quantitative estimate of drug-likeness (QED) is 0.870. The van der Waals surface area contributed by atoms with Gasteiger partial charge in [-0.1, -0.05) is 37.3 Å². The smallest absolute Gasteiger partial charge is 0.274 e. The van der Waals surface area contributed by atoms with Gasteiger partial charge in [0.2, 0.25) is 0 Å². The van der Waals surface area contributed by atoms with Gasteiger partial charge in [-0.05, 0) is 25.1 Å². The van der Waals surface area contributed by atoms with E-state index in [2.05, 4.69) is 48.2 Å². The highest BCUT2D eigenvalue weighted by atomic mass is 16.2. The molecule has 0 bridgehead atoms. The summed E-state index contributed by atoms with van der Waals surface area (Å²) in [5.41, 5.74) is 1.80. The molecule has 122 valence electrons. The van der Waals surface area contributed by atoms with E-state index in [-0.39, 0.29) is 11.9 Å². The second-order valence-corrected chi connectivity index (χ2v) is 6.12. The predicted molar refractivity (Wildman–Crippen MR) is 90.2 cm³/mol. The molecule has 0 radical (unpaired) electrons. The molecule has 0 spiro atoms. The molecule has 1 aliphatic rings. The summed E-state index contributed by atoms with van der Waals surface area (Å²) in [4.78, 5) is 17.0. The minimum atomic E-state index is 0.0360. The van der Waals surface area contributed by atoms with Crippen molar-refractivity contribution in [2.45, 2.75) is 25.9 Å². The number of aromatic nitrogens is 2. The van der Waals surface area contributed by atoms with Gasteiger partial charge in [0.15, 0.2) is 0 Å². The Morgan fingerprint density at radius 2 is 2.00 bits per heavy atom. The highest BCUT2D eigenvalue weighted by Crippen LogP contribution is 2.24. The van der Waals surface area contributed by atoms with E-state index in [0.29, 0.717) is 12.2 Å². The zero-order valence-electron chi connectivity index (χ0n) is 13.9. The van der Waals surface area contributed by atoms with Crippen molar-refractivity contribution in [2.24, 2.45) is 0 Å². The number of hydrogen-bond acceptors (Lipinski definition) is 3. The monoisotopic (exact) mass is 312 g/mol. The van der Waals surface area contributed by atoms with Gasteiger partial charge < -0.3 is 4.90 Å². The number of likely N-dealkylation sites (N-methyl/N-ethyl adjacent to an activating group) is 1. The lowest BCUT2D eigenvalue weighted by Gasteiger charge is -2.39. The highest BCUT2D eigenvalue weighted by molar-refractivity contribution is 5.92. The van der Waals surface area contributed by atoms with E-state index in [0.717, 1.165) is 26.1 Å². The first-order valence-electron chi connectivity index (χ1n) is 8.27. The van der Waals surface area contributed by atoms with Crippen LogP contribution in [-0.2, 0) is 6.54 Å². The summed E-state index contributed by atoms with van der Waals surface area (Å²) in [6, 6.07) is 12.5. The lowest BCUT2D eigenvalue weighted by Crippen LogP contribution is -2.49. The van der Waals surface area contributed by atoms with Gasteiger partial charge in [0.25, 0.3) is 5.91 Å². The fraction of sp³-hybridized carbons (Fsp3) is 0.444. The number of carbonyl (C=O) groups excluding carboxylic acids is 1. The van der Waals surface area contributed by atoms with E-state index in [1.807, 2.05) is 27.9 Å². The number of piperazine rings is 1. The van der Waals surface area contributed by atoms with Crippen LogP contribution >= 0.6 is 0 Å². The van der Waals surface area contributed by atoms with Gasteiger partial charge in [-0.15, -0.1) is 0 Å². The molecule has 1 fully saturated rings. The average Bonchev–Trinajstić information content (AvgIpc) is 3.04. The molecule has 5 nitrogen and oxygen atoms in total. The largest absolute Gasteiger partial charge is 0.334 e. The van der Waals surface area contributed by atoms with Crippen molar-refractivity contribution in [1.29, 1.82) is 0 Å². The Hall–Kier alpha value is -2.14. The molecular formula is C18H24N4O. The molecule has 1 saturated heterocycles. The van der Waals surface area contributed by atoms with E-state index >= 15 is 0 Å². The topological polar surface area (TPSA) is 41.4 Å². The predicted octanol–water partition coefficient (Wildman–Crippen LogP) is 2.42. The molecule has 3 rings (SSSR count). The van der Waals surface area contributed by atoms with E-state index in [4.69, 9.17) is 0 Å². The van der Waals surface area contributed by atoms with Crippen molar-refractivity contribution in [1.82, 2.24) is 19.6 Å². The number of nitrogens with zero attached hydrogens (tertiary/aromatic N) is 4. The molecular weight excluding hydrogens is 288 g/mol. The molecule has 1 atom stereocenters. The van der Waals surface area contributed by atoms with Crippen LogP contribution in [-0.4, -0.2) is 52.2 Å². The van der Waals surface area contributed by atoms with Crippen molar-refractivity contribution in [3.8, 4) is 0 Å². The Balaban J connectivity index is 1.73. The second-order valence-electron chi connectivity index (χ2n) is 6.12. The maximum absolute atomic E-state index is 12.7. The maximum atomic E-state index is 12.7. The van der Waals surface area contributed by atoms with Crippen molar-refractivity contribution in [3.63, 3.8) is 0 Å². The molecule has 2 aromatic rings. The van der Waals surface area contributed by atoms with Crippen LogP contribution in [0.2, 0.25) is 0 Å². The number of amides is 1. The van der Waals surface area contributed by atoms with Crippen molar-refractivity contribution >= 4 is 5.91 Å². The molecule has 0 N–H and O–H groups in total. The Kier molecular flexibility index (Phi) is 4.76. The van der Waals surface area contributed by atoms with Crippen LogP contribution in [0.5, 0.6) is 0 Å². The van der Waals surface area contributed by atoms with E-state index in [1.54, 1.807) is 0 Å². The molecule has 0 unspecified atom stereocenters. The Morgan fingerprint density at radius 1 is 1.22 bits per heavy atom. The van der Waals surface area contributed by atoms with E-state index in [9.17, 15) is 4.79 Å². The summed E-state index contributed by atoms with van der Waals surface area (Å²) in [6.07, 6.45) is 2.90. The van der Waals surface area contributed by atoms with Gasteiger partial charge in [-0.2, -0.15) is 5.10 Å². The van der Waals surface area contributed by atoms with Gasteiger partial charge in [0.05, 0.1) is 6.04 Å². The molecule has 5 heteroatoms. The molecule has 1 amide bonds. The highest BCUT2D eigenvalue weighted by Gasteiger charge is 2.29. The lowest BCUT2D eigenvalue weighted by molar-refractivity contribution is 0.0540. The summed E-state index contributed by atoms with van der Waals surface area (Å²) >= 11 is 0. The third-order valence-electron chi connectivity index (χ3n) is 4.43. The van der Waals surface area contributed by atoms with Crippen LogP contribution in [0.3, 0.4) is 0 Å². The van der Waals surface area contributed by atoms with Crippen molar-refractivity contribution in [3.05, 3.63) is 53.9 Å². The zero-order valence-corrected chi connectivity index (χ0v) is 13.9. The number of carbonyl (C=O) groups is 1. The van der Waals surface area contributed by atoms with Gasteiger partial charge in [-0.3, -0.25) is 14.4 Å². The van der Waals surface area contributed by atoms with Gasteiger partial charge >= 0.3 is 0 Å². The van der Waals surface area contributed by atoms with Crippen LogP contribution in [0.1, 0.15) is 35.4 Å². The second kappa shape index (κ2) is 6.96. The number of rotatable bonds is 4. The van der Waals surface area contributed by atoms with Crippen LogP contribution in [0.25, 0.3) is 0 Å². The van der Waals surface area contributed by atoms with Crippen LogP contribution in [0, 0.1) is 0 Å². The summed E-state index contributed by atoms with van der Waals surface area (Å²) < 4.78 is 1.85. The van der Waals surface area contributed by atoms with Crippen LogP contribution in [0.15, 0.2) is 42.6 Å². The zero-order chi connectivity index (χ0) is 16.2. The van der Waals surface area contributed by atoms with Gasteiger partial charge in [0.1, 0.15) is 5.69 Å². The molecule has 0 aliphatic carbocycles. The number of aryl methyl sites for hydroxylation is 1. The maximum Gasteiger partial charge on any atom is 0.274 e. The first-order valence-corrected chi connectivity index (χ1v) is 8.27. The lowest BCUT2D eigenvalue weighted by atomic mass is 10.0. The molecule has 23 heavy (non-hydrogen) atoms. The summed E-state index contributed by atoms with van der Waals surface area (Å²) in [7, 11) is 2.12. The van der Waals surface area contributed by atoms with Crippen LogP contribution < -0.4 is 0 Å². The normalized spacial score (nSPS) is 19.0. The molecule has 1 aromatic heterocycles. The van der Waals surface area contributed by atoms with Gasteiger partial charge in [-0.25, -0.2) is 0 Å². The molecule has 1 aliphatic heterocycles. The van der Waals surface area contributed by atoms with E-state index in [1.165, 1.54) is 5.56 Å². The van der Waals surface area contributed by atoms with Crippen molar-refractivity contribution in [2.75, 3.05) is 26.7 Å². The molecule has 2 heterocycles. The summed E-state index contributed by atoms with van der Waals surface area (Å²) in [5.74, 6) is 0.0360. The summed E-state index contributed by atoms with van der Waals surface area (Å²) in [6.45, 7) is 5.29. The third-order valence-corrected chi connectivity index (χ3v) is 4.43. The molecule has 1 aromatic carbocycles. The first-order chi connectivity index (χ1) is 11.2. The number of benzene rings is 1. The third kappa shape index (κ3) is 3.45. The van der Waals surface area contributed by atoms with Crippen LogP contribution in [0.4, 0.5) is 0 Å². The first kappa shape index (κ1) is 15.7. The van der Waals surface area contributed by atoms with E-state index < -0.39 is 0 Å². The standard InChI is InChI=1S/C18H24N4O/c1-3-10-22-11-9-16(19-22)18(23)21-13-12-20(2)17(14-21)15-7-5-4-6-8-15/h4-9,11,17H,3,10,12-14H2,1-2H3/t17-/m0/s1. The summed E-state index contributed by atoms with van der Waals surface area (Å²) in [5, 5.41) is 4.40. The Bertz CT molecular complexity index is 652. The van der Waals surface area contributed by atoms with Gasteiger partial charge in [0, 0.05) is 32.4 Å². The number of hydrogen-bond donors (Lipinski definition) is 0.